The number of likely N-dealkylation sites (tertiary alicyclic amines) is 1. The highest BCUT2D eigenvalue weighted by Gasteiger charge is 2.50. The van der Waals surface area contributed by atoms with Crippen molar-refractivity contribution < 1.29 is 23.8 Å². The minimum atomic E-state index is -0.598. The fourth-order valence-electron chi connectivity index (χ4n) is 5.52. The summed E-state index contributed by atoms with van der Waals surface area (Å²) in [6.07, 6.45) is 4.85. The lowest BCUT2D eigenvalue weighted by Gasteiger charge is -2.41. The monoisotopic (exact) mass is 461 g/mol. The summed E-state index contributed by atoms with van der Waals surface area (Å²) in [6.45, 7) is 6.15. The number of hydrogen-bond donors (Lipinski definition) is 2. The van der Waals surface area contributed by atoms with Gasteiger partial charge in [0.2, 0.25) is 5.91 Å². The summed E-state index contributed by atoms with van der Waals surface area (Å²) in [7, 11) is 0. The molecule has 1 atom stereocenters. The van der Waals surface area contributed by atoms with Crippen molar-refractivity contribution in [2.45, 2.75) is 70.9 Å². The molecule has 0 bridgehead atoms. The molecule has 2 aliphatic heterocycles. The third-order valence-corrected chi connectivity index (χ3v) is 7.31. The molecular weight excluding hydrogens is 425 g/mol. The average Bonchev–Trinajstić information content (AvgIpc) is 3.08. The van der Waals surface area contributed by atoms with Crippen LogP contribution in [0.4, 0.5) is 20.6 Å². The van der Waals surface area contributed by atoms with Crippen LogP contribution in [0.15, 0.2) is 18.2 Å². The van der Waals surface area contributed by atoms with Gasteiger partial charge in [-0.1, -0.05) is 13.8 Å². The summed E-state index contributed by atoms with van der Waals surface area (Å²) in [6, 6.07) is 4.87. The third-order valence-electron chi connectivity index (χ3n) is 7.31. The van der Waals surface area contributed by atoms with Crippen molar-refractivity contribution in [2.75, 3.05) is 36.5 Å². The van der Waals surface area contributed by atoms with Gasteiger partial charge in [0, 0.05) is 31.4 Å². The van der Waals surface area contributed by atoms with E-state index in [1.165, 1.54) is 6.07 Å². The topological polar surface area (TPSA) is 82.1 Å². The van der Waals surface area contributed by atoms with Gasteiger partial charge in [-0.05, 0) is 69.1 Å². The second kappa shape index (κ2) is 9.87. The zero-order valence-electron chi connectivity index (χ0n) is 19.7. The molecule has 2 saturated heterocycles. The lowest BCUT2D eigenvalue weighted by molar-refractivity contribution is -0.139. The van der Waals surface area contributed by atoms with Gasteiger partial charge < -0.3 is 19.6 Å². The molecule has 182 valence electrons. The van der Waals surface area contributed by atoms with E-state index in [4.69, 9.17) is 4.74 Å². The molecule has 2 N–H and O–H groups in total. The molecular formula is C25H36FN3O4. The van der Waals surface area contributed by atoms with Crippen LogP contribution in [0, 0.1) is 17.2 Å². The number of halogens is 1. The molecule has 1 saturated carbocycles. The fourth-order valence-corrected chi connectivity index (χ4v) is 5.52. The summed E-state index contributed by atoms with van der Waals surface area (Å²) < 4.78 is 20.1. The van der Waals surface area contributed by atoms with Crippen molar-refractivity contribution in [3.05, 3.63) is 24.0 Å². The summed E-state index contributed by atoms with van der Waals surface area (Å²) in [5.74, 6) is -0.00215. The number of amides is 2. The fraction of sp³-hybridized carbons (Fsp3) is 0.680. The van der Waals surface area contributed by atoms with Crippen LogP contribution in [-0.4, -0.2) is 60.4 Å². The van der Waals surface area contributed by atoms with Crippen LogP contribution in [0.3, 0.4) is 0 Å². The molecule has 2 amide bonds. The maximum absolute atomic E-state index is 15.0. The molecule has 3 fully saturated rings. The third kappa shape index (κ3) is 5.26. The number of nitrogens with zero attached hydrogens (tertiary/aromatic N) is 2. The number of carbonyl (C=O) groups is 2. The Morgan fingerprint density at radius 3 is 2.70 bits per heavy atom. The van der Waals surface area contributed by atoms with Crippen molar-refractivity contribution >= 4 is 23.4 Å². The molecule has 1 aromatic rings. The van der Waals surface area contributed by atoms with Gasteiger partial charge in [-0.3, -0.25) is 10.1 Å². The van der Waals surface area contributed by atoms with Crippen LogP contribution in [0.5, 0.6) is 0 Å². The van der Waals surface area contributed by atoms with Crippen LogP contribution in [-0.2, 0) is 9.53 Å². The number of hydrogen-bond acceptors (Lipinski definition) is 5. The molecule has 1 spiro atoms. The van der Waals surface area contributed by atoms with Crippen LogP contribution in [0.25, 0.3) is 0 Å². The molecule has 1 aromatic carbocycles. The number of aliphatic hydroxyl groups is 1. The average molecular weight is 462 g/mol. The number of ether oxygens (including phenoxy) is 1. The van der Waals surface area contributed by atoms with E-state index in [1.807, 2.05) is 23.6 Å². The predicted octanol–water partition coefficient (Wildman–Crippen LogP) is 4.15. The van der Waals surface area contributed by atoms with Crippen molar-refractivity contribution in [3.63, 3.8) is 0 Å². The molecule has 33 heavy (non-hydrogen) atoms. The largest absolute Gasteiger partial charge is 0.449 e. The summed E-state index contributed by atoms with van der Waals surface area (Å²) in [4.78, 5) is 29.4. The van der Waals surface area contributed by atoms with E-state index in [0.29, 0.717) is 31.1 Å². The lowest BCUT2D eigenvalue weighted by Crippen LogP contribution is -2.50. The second-order valence-electron chi connectivity index (χ2n) is 10.3. The molecule has 0 radical (unpaired) electrons. The standard InChI is InChI=1S/C25H36FN3O4/c1-17(2)15-33-24(32)27-18-4-9-22(21(26)14-18)28-12-3-10-25(16-28)11-13-29(23(25)31)19-5-7-20(30)8-6-19/h4,9,14,17,19-20,30H,3,5-8,10-13,15-16H2,1-2H3,(H,27,32)/t19-,20-,25-/m0/s1. The SMILES string of the molecule is CC(C)COC(=O)Nc1ccc(N2CCC[C@]3(CCN([C@H]4CC[C@H](O)CC4)C3=O)C2)c(F)c1. The Bertz CT molecular complexity index is 871. The van der Waals surface area contributed by atoms with Gasteiger partial charge in [0.1, 0.15) is 5.82 Å². The zero-order valence-corrected chi connectivity index (χ0v) is 19.7. The van der Waals surface area contributed by atoms with E-state index in [2.05, 4.69) is 5.32 Å². The Kier molecular flexibility index (Phi) is 7.12. The van der Waals surface area contributed by atoms with Crippen LogP contribution < -0.4 is 10.2 Å². The summed E-state index contributed by atoms with van der Waals surface area (Å²) >= 11 is 0. The van der Waals surface area contributed by atoms with Gasteiger partial charge in [-0.2, -0.15) is 0 Å². The number of benzene rings is 1. The molecule has 4 rings (SSSR count). The minimum absolute atomic E-state index is 0.195. The molecule has 0 aromatic heterocycles. The van der Waals surface area contributed by atoms with Crippen molar-refractivity contribution in [1.82, 2.24) is 4.90 Å². The number of rotatable bonds is 5. The smallest absolute Gasteiger partial charge is 0.411 e. The Morgan fingerprint density at radius 1 is 1.24 bits per heavy atom. The summed E-state index contributed by atoms with van der Waals surface area (Å²) in [5.41, 5.74) is 0.347. The van der Waals surface area contributed by atoms with Gasteiger partial charge >= 0.3 is 6.09 Å². The first-order chi connectivity index (χ1) is 15.8. The quantitative estimate of drug-likeness (QED) is 0.688. The first-order valence-corrected chi connectivity index (χ1v) is 12.2. The highest BCUT2D eigenvalue weighted by molar-refractivity contribution is 5.87. The molecule has 1 aliphatic carbocycles. The van der Waals surface area contributed by atoms with E-state index >= 15 is 4.39 Å². The van der Waals surface area contributed by atoms with Crippen molar-refractivity contribution in [2.24, 2.45) is 11.3 Å². The van der Waals surface area contributed by atoms with E-state index in [9.17, 15) is 14.7 Å². The highest BCUT2D eigenvalue weighted by Crippen LogP contribution is 2.43. The van der Waals surface area contributed by atoms with Crippen molar-refractivity contribution in [3.8, 4) is 0 Å². The molecule has 8 heteroatoms. The van der Waals surface area contributed by atoms with E-state index < -0.39 is 17.3 Å². The zero-order chi connectivity index (χ0) is 23.6. The Labute approximate surface area is 195 Å². The molecule has 0 unspecified atom stereocenters. The van der Waals surface area contributed by atoms with Gasteiger partial charge in [0.25, 0.3) is 0 Å². The minimum Gasteiger partial charge on any atom is -0.449 e. The summed E-state index contributed by atoms with van der Waals surface area (Å²) in [5, 5.41) is 12.4. The molecule has 7 nitrogen and oxygen atoms in total. The maximum atomic E-state index is 15.0. The van der Waals surface area contributed by atoms with Crippen LogP contribution >= 0.6 is 0 Å². The number of carbonyl (C=O) groups excluding carboxylic acids is 2. The van der Waals surface area contributed by atoms with Crippen LogP contribution in [0.1, 0.15) is 58.8 Å². The van der Waals surface area contributed by atoms with E-state index in [0.717, 1.165) is 51.5 Å². The van der Waals surface area contributed by atoms with E-state index in [-0.39, 0.29) is 24.0 Å². The Morgan fingerprint density at radius 2 is 2.00 bits per heavy atom. The number of anilines is 2. The highest BCUT2D eigenvalue weighted by atomic mass is 19.1. The Hall–Kier alpha value is -2.35. The van der Waals surface area contributed by atoms with Gasteiger partial charge in [-0.15, -0.1) is 0 Å². The normalized spacial score (nSPS) is 28.0. The lowest BCUT2D eigenvalue weighted by atomic mass is 9.78. The first kappa shape index (κ1) is 23.8. The van der Waals surface area contributed by atoms with E-state index in [1.54, 1.807) is 12.1 Å². The molecule has 3 aliphatic rings. The Balaban J connectivity index is 1.41. The number of nitrogens with one attached hydrogen (secondary N) is 1. The van der Waals surface area contributed by atoms with Gasteiger partial charge in [-0.25, -0.2) is 9.18 Å². The van der Waals surface area contributed by atoms with Gasteiger partial charge in [0.05, 0.1) is 23.8 Å². The molecule has 2 heterocycles. The first-order valence-electron chi connectivity index (χ1n) is 12.2. The number of aliphatic hydroxyl groups excluding tert-OH is 1. The van der Waals surface area contributed by atoms with Gasteiger partial charge in [0.15, 0.2) is 0 Å². The second-order valence-corrected chi connectivity index (χ2v) is 10.3. The van der Waals surface area contributed by atoms with Crippen molar-refractivity contribution in [1.29, 1.82) is 0 Å². The maximum Gasteiger partial charge on any atom is 0.411 e. The van der Waals surface area contributed by atoms with Crippen LogP contribution in [0.2, 0.25) is 0 Å². The predicted molar refractivity (Wildman–Crippen MR) is 125 cm³/mol. The number of piperidine rings is 1.